The monoisotopic (exact) mass is 581 g/mol. The number of methoxy groups -OCH3 is 2. The summed E-state index contributed by atoms with van der Waals surface area (Å²) in [5.41, 5.74) is 2.66. The van der Waals surface area contributed by atoms with Crippen LogP contribution in [-0.2, 0) is 9.47 Å². The Bertz CT molecular complexity index is 1620. The van der Waals surface area contributed by atoms with Crippen LogP contribution in [0.4, 0.5) is 4.79 Å². The minimum absolute atomic E-state index is 0.150. The van der Waals surface area contributed by atoms with Crippen LogP contribution in [0.15, 0.2) is 84.9 Å². The number of para-hydroxylation sites is 1. The zero-order valence-corrected chi connectivity index (χ0v) is 25.6. The zero-order chi connectivity index (χ0) is 30.7. The minimum atomic E-state index is -0.669. The van der Waals surface area contributed by atoms with Gasteiger partial charge in [-0.2, -0.15) is 0 Å². The van der Waals surface area contributed by atoms with E-state index in [1.54, 1.807) is 24.1 Å². The Kier molecular flexibility index (Phi) is 8.62. The van der Waals surface area contributed by atoms with Gasteiger partial charge in [0.05, 0.1) is 32.4 Å². The molecule has 0 aromatic heterocycles. The topological polar surface area (TPSA) is 74.3 Å². The average molecular weight is 582 g/mol. The summed E-state index contributed by atoms with van der Waals surface area (Å²) in [6.07, 6.45) is -0.215. The van der Waals surface area contributed by atoms with Gasteiger partial charge in [0.25, 0.3) is 0 Å². The van der Waals surface area contributed by atoms with Gasteiger partial charge in [0.15, 0.2) is 0 Å². The summed E-state index contributed by atoms with van der Waals surface area (Å²) in [4.78, 5) is 28.0. The molecule has 1 amide bonds. The third-order valence-electron chi connectivity index (χ3n) is 7.88. The van der Waals surface area contributed by atoms with Gasteiger partial charge in [-0.15, -0.1) is 0 Å². The summed E-state index contributed by atoms with van der Waals surface area (Å²) in [5, 5.41) is 2.19. The Morgan fingerprint density at radius 2 is 1.65 bits per heavy atom. The number of ether oxygens (including phenoxy) is 4. The van der Waals surface area contributed by atoms with Crippen molar-refractivity contribution in [3.05, 3.63) is 107 Å². The summed E-state index contributed by atoms with van der Waals surface area (Å²) < 4.78 is 23.2. The molecule has 5 rings (SSSR count). The molecule has 7 heteroatoms. The van der Waals surface area contributed by atoms with Gasteiger partial charge in [-0.3, -0.25) is 4.90 Å². The maximum atomic E-state index is 13.8. The van der Waals surface area contributed by atoms with E-state index < -0.39 is 17.7 Å². The van der Waals surface area contributed by atoms with Gasteiger partial charge in [0.1, 0.15) is 23.2 Å². The highest BCUT2D eigenvalue weighted by Crippen LogP contribution is 2.44. The van der Waals surface area contributed by atoms with Crippen LogP contribution in [0.2, 0.25) is 0 Å². The van der Waals surface area contributed by atoms with Crippen LogP contribution in [0.1, 0.15) is 73.1 Å². The van der Waals surface area contributed by atoms with Gasteiger partial charge in [0, 0.05) is 17.0 Å². The van der Waals surface area contributed by atoms with Crippen molar-refractivity contribution in [1.82, 2.24) is 4.90 Å². The molecular formula is C36H39NO6. The van der Waals surface area contributed by atoms with E-state index in [9.17, 15) is 9.59 Å². The molecule has 0 aliphatic carbocycles. The van der Waals surface area contributed by atoms with Crippen LogP contribution >= 0.6 is 0 Å². The first-order chi connectivity index (χ1) is 20.6. The highest BCUT2D eigenvalue weighted by Gasteiger charge is 2.36. The standard InChI is InChI=1S/C36H39NO6/c1-23(27-16-11-13-24-12-7-8-14-28(24)27)37(35(39)43-36(2,3)4)22-26-21-30(29-15-9-10-17-33(29)42-26)31-20-25(34(38)41-6)18-19-32(31)40-5/h7-20,23,26,30H,21-22H2,1-6H3. The predicted octanol–water partition coefficient (Wildman–Crippen LogP) is 7.92. The lowest BCUT2D eigenvalue weighted by atomic mass is 9.83. The smallest absolute Gasteiger partial charge is 0.410 e. The van der Waals surface area contributed by atoms with E-state index in [4.69, 9.17) is 18.9 Å². The van der Waals surface area contributed by atoms with Crippen molar-refractivity contribution in [3.8, 4) is 11.5 Å². The maximum Gasteiger partial charge on any atom is 0.410 e. The number of hydrogen-bond donors (Lipinski definition) is 0. The second-order valence-corrected chi connectivity index (χ2v) is 11.9. The van der Waals surface area contributed by atoms with Crippen LogP contribution in [0.25, 0.3) is 10.8 Å². The molecule has 0 fully saturated rings. The van der Waals surface area contributed by atoms with Crippen LogP contribution in [0.3, 0.4) is 0 Å². The normalized spacial score (nSPS) is 16.9. The molecule has 7 nitrogen and oxygen atoms in total. The van der Waals surface area contributed by atoms with Crippen molar-refractivity contribution in [1.29, 1.82) is 0 Å². The fraction of sp³-hybridized carbons (Fsp3) is 0.333. The quantitative estimate of drug-likeness (QED) is 0.207. The Labute approximate surface area is 253 Å². The van der Waals surface area contributed by atoms with Gasteiger partial charge >= 0.3 is 12.1 Å². The van der Waals surface area contributed by atoms with E-state index in [2.05, 4.69) is 24.3 Å². The summed E-state index contributed by atoms with van der Waals surface area (Å²) in [5.74, 6) is 0.834. The first-order valence-corrected chi connectivity index (χ1v) is 14.6. The van der Waals surface area contributed by atoms with Crippen LogP contribution in [0.5, 0.6) is 11.5 Å². The minimum Gasteiger partial charge on any atom is -0.496 e. The largest absolute Gasteiger partial charge is 0.496 e. The third-order valence-corrected chi connectivity index (χ3v) is 7.88. The van der Waals surface area contributed by atoms with Crippen LogP contribution in [-0.4, -0.2) is 49.4 Å². The maximum absolute atomic E-state index is 13.8. The number of carbonyl (C=O) groups excluding carboxylic acids is 2. The number of carbonyl (C=O) groups is 2. The van der Waals surface area contributed by atoms with Crippen molar-refractivity contribution in [3.63, 3.8) is 0 Å². The van der Waals surface area contributed by atoms with Crippen LogP contribution < -0.4 is 9.47 Å². The molecule has 0 spiro atoms. The van der Waals surface area contributed by atoms with Gasteiger partial charge < -0.3 is 18.9 Å². The summed E-state index contributed by atoms with van der Waals surface area (Å²) in [6.45, 7) is 7.94. The number of rotatable bonds is 7. The fourth-order valence-corrected chi connectivity index (χ4v) is 5.86. The molecule has 0 bridgehead atoms. The van der Waals surface area contributed by atoms with Crippen molar-refractivity contribution in [2.45, 2.75) is 57.8 Å². The molecule has 0 radical (unpaired) electrons. The third kappa shape index (κ3) is 6.46. The zero-order valence-electron chi connectivity index (χ0n) is 25.6. The Morgan fingerprint density at radius 3 is 2.40 bits per heavy atom. The van der Waals surface area contributed by atoms with E-state index in [0.717, 1.165) is 33.2 Å². The molecule has 4 aromatic carbocycles. The van der Waals surface area contributed by atoms with E-state index in [0.29, 0.717) is 24.3 Å². The van der Waals surface area contributed by atoms with Gasteiger partial charge in [-0.25, -0.2) is 9.59 Å². The first-order valence-electron chi connectivity index (χ1n) is 14.6. The number of esters is 1. The van der Waals surface area contributed by atoms with Crippen molar-refractivity contribution in [2.24, 2.45) is 0 Å². The molecule has 1 aliphatic heterocycles. The predicted molar refractivity (Wildman–Crippen MR) is 167 cm³/mol. The summed E-state index contributed by atoms with van der Waals surface area (Å²) in [6, 6.07) is 27.3. The lowest BCUT2D eigenvalue weighted by molar-refractivity contribution is 0.00566. The van der Waals surface area contributed by atoms with E-state index in [1.165, 1.54) is 7.11 Å². The molecule has 0 saturated heterocycles. The number of benzene rings is 4. The Morgan fingerprint density at radius 1 is 0.930 bits per heavy atom. The molecule has 3 unspecified atom stereocenters. The number of fused-ring (bicyclic) bond motifs is 2. The molecule has 43 heavy (non-hydrogen) atoms. The molecule has 224 valence electrons. The second kappa shape index (κ2) is 12.4. The average Bonchev–Trinajstić information content (AvgIpc) is 3.01. The van der Waals surface area contributed by atoms with E-state index in [-0.39, 0.29) is 18.1 Å². The number of amides is 1. The lowest BCUT2D eigenvalue weighted by Gasteiger charge is -2.38. The van der Waals surface area contributed by atoms with Crippen molar-refractivity contribution in [2.75, 3.05) is 20.8 Å². The van der Waals surface area contributed by atoms with Crippen molar-refractivity contribution < 1.29 is 28.5 Å². The lowest BCUT2D eigenvalue weighted by Crippen LogP contribution is -2.45. The fourth-order valence-electron chi connectivity index (χ4n) is 5.86. The second-order valence-electron chi connectivity index (χ2n) is 11.9. The van der Waals surface area contributed by atoms with E-state index in [1.807, 2.05) is 76.2 Å². The van der Waals surface area contributed by atoms with Gasteiger partial charge in [-0.1, -0.05) is 60.7 Å². The molecule has 3 atom stereocenters. The molecule has 0 saturated carbocycles. The van der Waals surface area contributed by atoms with Crippen molar-refractivity contribution >= 4 is 22.8 Å². The summed E-state index contributed by atoms with van der Waals surface area (Å²) in [7, 11) is 2.99. The molecule has 0 N–H and O–H groups in total. The Balaban J connectivity index is 1.54. The van der Waals surface area contributed by atoms with E-state index >= 15 is 0 Å². The first kappa shape index (κ1) is 30.0. The molecule has 1 heterocycles. The molecule has 1 aliphatic rings. The summed E-state index contributed by atoms with van der Waals surface area (Å²) >= 11 is 0. The van der Waals surface area contributed by atoms with Gasteiger partial charge in [0.2, 0.25) is 0 Å². The number of hydrogen-bond acceptors (Lipinski definition) is 6. The molecular weight excluding hydrogens is 542 g/mol. The Hall–Kier alpha value is -4.52. The number of nitrogens with zero attached hydrogens (tertiary/aromatic N) is 1. The van der Waals surface area contributed by atoms with Gasteiger partial charge in [-0.05, 0) is 74.7 Å². The van der Waals surface area contributed by atoms with Crippen LogP contribution in [0, 0.1) is 0 Å². The SMILES string of the molecule is COC(=O)c1ccc(OC)c(C2CC(CN(C(=O)OC(C)(C)C)C(C)c3cccc4ccccc34)Oc3ccccc32)c1. The molecule has 4 aromatic rings. The highest BCUT2D eigenvalue weighted by molar-refractivity contribution is 5.90. The highest BCUT2D eigenvalue weighted by atomic mass is 16.6.